The van der Waals surface area contributed by atoms with Crippen LogP contribution in [0.25, 0.3) is 0 Å². The molecule has 0 radical (unpaired) electrons. The Hall–Kier alpha value is -0.240. The summed E-state index contributed by atoms with van der Waals surface area (Å²) in [5, 5.41) is 0. The van der Waals surface area contributed by atoms with Crippen LogP contribution in [0.4, 0.5) is 0 Å². The van der Waals surface area contributed by atoms with Gasteiger partial charge in [0, 0.05) is 0 Å². The van der Waals surface area contributed by atoms with Crippen molar-refractivity contribution in [2.45, 2.75) is 51.4 Å². The van der Waals surface area contributed by atoms with Gasteiger partial charge in [-0.25, -0.2) is 0 Å². The van der Waals surface area contributed by atoms with Gasteiger partial charge in [0.05, 0.1) is 43.9 Å². The second-order valence-electron chi connectivity index (χ2n) is 5.63. The standard InChI is InChI=1S/C13H26N2O4/c1-3-9(14)11-16-5-13(6-17-11)7-18-12(19-8-13)10(15)4-2/h9-12H,3-8,14-15H2,1-2H3. The van der Waals surface area contributed by atoms with E-state index in [4.69, 9.17) is 30.4 Å². The number of nitrogens with two attached hydrogens (primary N) is 2. The summed E-state index contributed by atoms with van der Waals surface area (Å²) in [6.45, 7) is 6.26. The van der Waals surface area contributed by atoms with Gasteiger partial charge in [-0.3, -0.25) is 0 Å². The molecule has 0 bridgehead atoms. The van der Waals surface area contributed by atoms with E-state index in [2.05, 4.69) is 0 Å². The van der Waals surface area contributed by atoms with Crippen LogP contribution in [0.5, 0.6) is 0 Å². The molecule has 6 nitrogen and oxygen atoms in total. The molecule has 1 spiro atoms. The van der Waals surface area contributed by atoms with Crippen molar-refractivity contribution in [2.75, 3.05) is 26.4 Å². The zero-order valence-electron chi connectivity index (χ0n) is 11.8. The normalized spacial score (nSPS) is 39.2. The molecule has 6 heteroatoms. The SMILES string of the molecule is CCC(N)C1OCC2(CO1)COC(C(N)CC)OC2. The molecule has 4 N–H and O–H groups in total. The maximum absolute atomic E-state index is 5.92. The molecular weight excluding hydrogens is 248 g/mol. The van der Waals surface area contributed by atoms with Crippen LogP contribution in [0, 0.1) is 5.41 Å². The van der Waals surface area contributed by atoms with E-state index in [0.29, 0.717) is 26.4 Å². The lowest BCUT2D eigenvalue weighted by molar-refractivity contribution is -0.308. The van der Waals surface area contributed by atoms with Crippen molar-refractivity contribution in [3.8, 4) is 0 Å². The highest BCUT2D eigenvalue weighted by Gasteiger charge is 2.43. The Balaban J connectivity index is 1.81. The highest BCUT2D eigenvalue weighted by atomic mass is 16.7. The minimum atomic E-state index is -0.314. The van der Waals surface area contributed by atoms with Gasteiger partial charge in [0.25, 0.3) is 0 Å². The van der Waals surface area contributed by atoms with Crippen molar-refractivity contribution in [2.24, 2.45) is 16.9 Å². The van der Waals surface area contributed by atoms with E-state index >= 15 is 0 Å². The molecule has 0 amide bonds. The molecule has 2 fully saturated rings. The number of ether oxygens (including phenoxy) is 4. The Labute approximate surface area is 114 Å². The smallest absolute Gasteiger partial charge is 0.172 e. The topological polar surface area (TPSA) is 89.0 Å². The van der Waals surface area contributed by atoms with E-state index in [1.807, 2.05) is 13.8 Å². The van der Waals surface area contributed by atoms with E-state index < -0.39 is 0 Å². The highest BCUT2D eigenvalue weighted by Crippen LogP contribution is 2.31. The summed E-state index contributed by atoms with van der Waals surface area (Å²) in [7, 11) is 0. The van der Waals surface area contributed by atoms with Gasteiger partial charge in [-0.2, -0.15) is 0 Å². The maximum atomic E-state index is 5.92. The van der Waals surface area contributed by atoms with Gasteiger partial charge in [-0.1, -0.05) is 13.8 Å². The van der Waals surface area contributed by atoms with Crippen LogP contribution < -0.4 is 11.5 Å². The third kappa shape index (κ3) is 3.45. The summed E-state index contributed by atoms with van der Waals surface area (Å²) >= 11 is 0. The first-order valence-corrected chi connectivity index (χ1v) is 7.08. The molecule has 2 atom stereocenters. The summed E-state index contributed by atoms with van der Waals surface area (Å²) in [6, 6.07) is -0.159. The summed E-state index contributed by atoms with van der Waals surface area (Å²) in [5.41, 5.74) is 11.6. The van der Waals surface area contributed by atoms with Gasteiger partial charge in [0.2, 0.25) is 0 Å². The Morgan fingerprint density at radius 3 is 1.42 bits per heavy atom. The summed E-state index contributed by atoms with van der Waals surface area (Å²) in [5.74, 6) is 0. The van der Waals surface area contributed by atoms with Gasteiger partial charge in [-0.15, -0.1) is 0 Å². The molecule has 2 unspecified atom stereocenters. The van der Waals surface area contributed by atoms with Crippen molar-refractivity contribution in [3.63, 3.8) is 0 Å². The van der Waals surface area contributed by atoms with Crippen LogP contribution in [0.15, 0.2) is 0 Å². The van der Waals surface area contributed by atoms with Crippen LogP contribution in [-0.2, 0) is 18.9 Å². The molecule has 19 heavy (non-hydrogen) atoms. The maximum Gasteiger partial charge on any atom is 0.172 e. The third-order valence-electron chi connectivity index (χ3n) is 3.86. The highest BCUT2D eigenvalue weighted by molar-refractivity contribution is 4.86. The lowest BCUT2D eigenvalue weighted by atomic mass is 9.90. The average molecular weight is 274 g/mol. The Morgan fingerprint density at radius 1 is 0.842 bits per heavy atom. The fourth-order valence-electron chi connectivity index (χ4n) is 2.26. The van der Waals surface area contributed by atoms with Gasteiger partial charge in [0.1, 0.15) is 0 Å². The molecule has 0 aliphatic carbocycles. The first-order chi connectivity index (χ1) is 9.10. The fourth-order valence-corrected chi connectivity index (χ4v) is 2.26. The van der Waals surface area contributed by atoms with Crippen LogP contribution in [0.2, 0.25) is 0 Å². The minimum absolute atomic E-state index is 0.0796. The molecule has 2 saturated heterocycles. The molecule has 2 aliphatic heterocycles. The van der Waals surface area contributed by atoms with Crippen LogP contribution >= 0.6 is 0 Å². The molecule has 0 aromatic carbocycles. The van der Waals surface area contributed by atoms with E-state index in [1.54, 1.807) is 0 Å². The zero-order chi connectivity index (χ0) is 13.9. The Kier molecular flexibility index (Phi) is 5.16. The number of rotatable bonds is 4. The van der Waals surface area contributed by atoms with Gasteiger partial charge in [0.15, 0.2) is 12.6 Å². The van der Waals surface area contributed by atoms with Gasteiger partial charge in [-0.05, 0) is 12.8 Å². The van der Waals surface area contributed by atoms with Crippen LogP contribution in [0.1, 0.15) is 26.7 Å². The zero-order valence-corrected chi connectivity index (χ0v) is 11.8. The van der Waals surface area contributed by atoms with E-state index in [1.165, 1.54) is 0 Å². The minimum Gasteiger partial charge on any atom is -0.350 e. The quantitative estimate of drug-likeness (QED) is 0.761. The lowest BCUT2D eigenvalue weighted by Gasteiger charge is -2.45. The van der Waals surface area contributed by atoms with Crippen molar-refractivity contribution in [1.82, 2.24) is 0 Å². The molecule has 2 aliphatic rings. The Morgan fingerprint density at radius 2 is 1.16 bits per heavy atom. The number of hydrogen-bond acceptors (Lipinski definition) is 6. The van der Waals surface area contributed by atoms with Crippen LogP contribution in [0.3, 0.4) is 0 Å². The Bertz CT molecular complexity index is 242. The monoisotopic (exact) mass is 274 g/mol. The van der Waals surface area contributed by atoms with Crippen molar-refractivity contribution >= 4 is 0 Å². The fraction of sp³-hybridized carbons (Fsp3) is 1.00. The predicted molar refractivity (Wildman–Crippen MR) is 70.3 cm³/mol. The van der Waals surface area contributed by atoms with E-state index in [0.717, 1.165) is 12.8 Å². The molecule has 0 aromatic rings. The molecule has 112 valence electrons. The number of hydrogen-bond donors (Lipinski definition) is 2. The van der Waals surface area contributed by atoms with Crippen molar-refractivity contribution in [1.29, 1.82) is 0 Å². The second-order valence-corrected chi connectivity index (χ2v) is 5.63. The first kappa shape index (κ1) is 15.2. The summed E-state index contributed by atoms with van der Waals surface area (Å²) < 4.78 is 22.8. The third-order valence-corrected chi connectivity index (χ3v) is 3.86. The van der Waals surface area contributed by atoms with Gasteiger partial charge < -0.3 is 30.4 Å². The summed E-state index contributed by atoms with van der Waals surface area (Å²) in [6.07, 6.45) is 1.04. The molecule has 2 heterocycles. The van der Waals surface area contributed by atoms with Crippen LogP contribution in [-0.4, -0.2) is 51.1 Å². The van der Waals surface area contributed by atoms with E-state index in [9.17, 15) is 0 Å². The first-order valence-electron chi connectivity index (χ1n) is 7.08. The predicted octanol–water partition coefficient (Wildman–Crippen LogP) is 0.193. The molecule has 2 rings (SSSR count). The molecule has 0 aromatic heterocycles. The van der Waals surface area contributed by atoms with E-state index in [-0.39, 0.29) is 30.1 Å². The second kappa shape index (κ2) is 6.47. The average Bonchev–Trinajstić information content (AvgIpc) is 2.47. The summed E-state index contributed by atoms with van der Waals surface area (Å²) in [4.78, 5) is 0. The lowest BCUT2D eigenvalue weighted by Crippen LogP contribution is -2.57. The van der Waals surface area contributed by atoms with Crippen molar-refractivity contribution < 1.29 is 18.9 Å². The molecule has 0 saturated carbocycles. The van der Waals surface area contributed by atoms with Gasteiger partial charge >= 0.3 is 0 Å². The largest absolute Gasteiger partial charge is 0.350 e. The molecular formula is C13H26N2O4. The van der Waals surface area contributed by atoms with Crippen molar-refractivity contribution in [3.05, 3.63) is 0 Å².